The predicted octanol–water partition coefficient (Wildman–Crippen LogP) is 1.39. The SMILES string of the molecule is NCCOCC(=O)c1cnc2ccccc2c1. The molecule has 2 rings (SSSR count). The van der Waals surface area contributed by atoms with Crippen molar-refractivity contribution in [1.29, 1.82) is 0 Å². The van der Waals surface area contributed by atoms with Crippen LogP contribution in [0.25, 0.3) is 10.9 Å². The van der Waals surface area contributed by atoms with Gasteiger partial charge in [0.25, 0.3) is 0 Å². The van der Waals surface area contributed by atoms with Crippen LogP contribution in [0.4, 0.5) is 0 Å². The number of carbonyl (C=O) groups excluding carboxylic acids is 1. The zero-order valence-electron chi connectivity index (χ0n) is 9.43. The Morgan fingerprint density at radius 1 is 1.35 bits per heavy atom. The molecule has 0 radical (unpaired) electrons. The molecule has 0 aliphatic rings. The maximum Gasteiger partial charge on any atom is 0.190 e. The Bertz CT molecular complexity index is 526. The van der Waals surface area contributed by atoms with Crippen molar-refractivity contribution in [2.45, 2.75) is 0 Å². The molecule has 1 aromatic heterocycles. The Labute approximate surface area is 99.4 Å². The Balaban J connectivity index is 2.15. The maximum absolute atomic E-state index is 11.8. The second-order valence-corrected chi connectivity index (χ2v) is 3.68. The summed E-state index contributed by atoms with van der Waals surface area (Å²) < 4.78 is 5.11. The number of carbonyl (C=O) groups is 1. The minimum atomic E-state index is -0.0725. The van der Waals surface area contributed by atoms with E-state index in [1.807, 2.05) is 30.3 Å². The highest BCUT2D eigenvalue weighted by atomic mass is 16.5. The molecule has 0 spiro atoms. The number of hydrogen-bond donors (Lipinski definition) is 1. The van der Waals surface area contributed by atoms with Gasteiger partial charge in [0, 0.05) is 23.7 Å². The molecule has 0 aliphatic carbocycles. The molecule has 2 N–H and O–H groups in total. The van der Waals surface area contributed by atoms with Crippen LogP contribution in [0, 0.1) is 0 Å². The van der Waals surface area contributed by atoms with Crippen LogP contribution in [0.3, 0.4) is 0 Å². The highest BCUT2D eigenvalue weighted by molar-refractivity contribution is 5.99. The molecule has 0 aliphatic heterocycles. The third-order valence-corrected chi connectivity index (χ3v) is 2.41. The summed E-state index contributed by atoms with van der Waals surface area (Å²) in [7, 11) is 0. The molecule has 1 heterocycles. The summed E-state index contributed by atoms with van der Waals surface area (Å²) in [5.41, 5.74) is 6.73. The van der Waals surface area contributed by atoms with E-state index in [9.17, 15) is 4.79 Å². The summed E-state index contributed by atoms with van der Waals surface area (Å²) in [4.78, 5) is 16.0. The number of nitrogens with zero attached hydrogens (tertiary/aromatic N) is 1. The van der Waals surface area contributed by atoms with Crippen molar-refractivity contribution >= 4 is 16.7 Å². The summed E-state index contributed by atoms with van der Waals surface area (Å²) in [5, 5.41) is 0.956. The number of rotatable bonds is 5. The van der Waals surface area contributed by atoms with Gasteiger partial charge in [-0.25, -0.2) is 0 Å². The van der Waals surface area contributed by atoms with Crippen LogP contribution in [0.1, 0.15) is 10.4 Å². The number of nitrogens with two attached hydrogens (primary N) is 1. The van der Waals surface area contributed by atoms with Crippen LogP contribution in [-0.4, -0.2) is 30.5 Å². The normalized spacial score (nSPS) is 10.6. The van der Waals surface area contributed by atoms with Gasteiger partial charge in [0.1, 0.15) is 6.61 Å². The van der Waals surface area contributed by atoms with Crippen molar-refractivity contribution in [3.63, 3.8) is 0 Å². The number of ketones is 1. The molecular formula is C13H14N2O2. The van der Waals surface area contributed by atoms with Crippen LogP contribution >= 0.6 is 0 Å². The number of benzene rings is 1. The molecule has 4 nitrogen and oxygen atoms in total. The molecule has 17 heavy (non-hydrogen) atoms. The number of hydrogen-bond acceptors (Lipinski definition) is 4. The average Bonchev–Trinajstić information content (AvgIpc) is 2.38. The lowest BCUT2D eigenvalue weighted by Crippen LogP contribution is -2.14. The fourth-order valence-corrected chi connectivity index (χ4v) is 1.56. The van der Waals surface area contributed by atoms with Crippen molar-refractivity contribution in [2.24, 2.45) is 5.73 Å². The smallest absolute Gasteiger partial charge is 0.190 e. The lowest BCUT2D eigenvalue weighted by Gasteiger charge is -2.03. The lowest BCUT2D eigenvalue weighted by atomic mass is 10.1. The molecule has 0 saturated heterocycles. The first-order valence-corrected chi connectivity index (χ1v) is 5.47. The Morgan fingerprint density at radius 3 is 3.00 bits per heavy atom. The lowest BCUT2D eigenvalue weighted by molar-refractivity contribution is 0.0774. The number of fused-ring (bicyclic) bond motifs is 1. The quantitative estimate of drug-likeness (QED) is 0.622. The van der Waals surface area contributed by atoms with Gasteiger partial charge in [0.15, 0.2) is 5.78 Å². The Hall–Kier alpha value is -1.78. The molecule has 0 atom stereocenters. The summed E-state index contributed by atoms with van der Waals surface area (Å²) in [5.74, 6) is -0.0725. The largest absolute Gasteiger partial charge is 0.372 e. The number of aromatic nitrogens is 1. The van der Waals surface area contributed by atoms with Gasteiger partial charge in [0.2, 0.25) is 0 Å². The molecule has 0 bridgehead atoms. The van der Waals surface area contributed by atoms with E-state index in [0.29, 0.717) is 18.7 Å². The molecule has 0 fully saturated rings. The second kappa shape index (κ2) is 5.52. The predicted molar refractivity (Wildman–Crippen MR) is 65.9 cm³/mol. The molecule has 0 unspecified atom stereocenters. The zero-order valence-corrected chi connectivity index (χ0v) is 9.43. The van der Waals surface area contributed by atoms with E-state index < -0.39 is 0 Å². The van der Waals surface area contributed by atoms with Gasteiger partial charge in [-0.15, -0.1) is 0 Å². The number of ether oxygens (including phenoxy) is 1. The van der Waals surface area contributed by atoms with Gasteiger partial charge >= 0.3 is 0 Å². The van der Waals surface area contributed by atoms with Gasteiger partial charge in [-0.3, -0.25) is 9.78 Å². The molecule has 2 aromatic rings. The van der Waals surface area contributed by atoms with Crippen LogP contribution in [-0.2, 0) is 4.74 Å². The highest BCUT2D eigenvalue weighted by Gasteiger charge is 2.07. The first kappa shape index (κ1) is 11.7. The molecule has 4 heteroatoms. The fraction of sp³-hybridized carbons (Fsp3) is 0.231. The van der Waals surface area contributed by atoms with Crippen LogP contribution < -0.4 is 5.73 Å². The van der Waals surface area contributed by atoms with Crippen molar-refractivity contribution in [3.05, 3.63) is 42.1 Å². The summed E-state index contributed by atoms with van der Waals surface area (Å²) in [6, 6.07) is 9.51. The summed E-state index contributed by atoms with van der Waals surface area (Å²) in [6.07, 6.45) is 1.58. The van der Waals surface area contributed by atoms with E-state index in [1.54, 1.807) is 6.20 Å². The second-order valence-electron chi connectivity index (χ2n) is 3.68. The van der Waals surface area contributed by atoms with Crippen LogP contribution in [0.2, 0.25) is 0 Å². The molecule has 0 amide bonds. The third kappa shape index (κ3) is 2.87. The number of pyridine rings is 1. The molecule has 1 aromatic carbocycles. The molecule has 0 saturated carbocycles. The van der Waals surface area contributed by atoms with Gasteiger partial charge in [-0.2, -0.15) is 0 Å². The van der Waals surface area contributed by atoms with E-state index >= 15 is 0 Å². The topological polar surface area (TPSA) is 65.2 Å². The van der Waals surface area contributed by atoms with Crippen molar-refractivity contribution in [2.75, 3.05) is 19.8 Å². The molecule has 88 valence electrons. The standard InChI is InChI=1S/C13H14N2O2/c14-5-6-17-9-13(16)11-7-10-3-1-2-4-12(10)15-8-11/h1-4,7-8H,5-6,9,14H2. The maximum atomic E-state index is 11.8. The number of Topliss-reactive ketones (excluding diaryl/α,β-unsaturated/α-hetero) is 1. The van der Waals surface area contributed by atoms with Crippen molar-refractivity contribution in [3.8, 4) is 0 Å². The van der Waals surface area contributed by atoms with E-state index in [-0.39, 0.29) is 12.4 Å². The first-order chi connectivity index (χ1) is 8.31. The summed E-state index contributed by atoms with van der Waals surface area (Å²) >= 11 is 0. The van der Waals surface area contributed by atoms with Crippen molar-refractivity contribution in [1.82, 2.24) is 4.98 Å². The van der Waals surface area contributed by atoms with E-state index in [0.717, 1.165) is 10.9 Å². The first-order valence-electron chi connectivity index (χ1n) is 5.47. The van der Waals surface area contributed by atoms with Gasteiger partial charge < -0.3 is 10.5 Å². The van der Waals surface area contributed by atoms with E-state index in [2.05, 4.69) is 4.98 Å². The molecular weight excluding hydrogens is 216 g/mol. The summed E-state index contributed by atoms with van der Waals surface area (Å²) in [6.45, 7) is 0.868. The van der Waals surface area contributed by atoms with E-state index in [1.165, 1.54) is 0 Å². The third-order valence-electron chi connectivity index (χ3n) is 2.41. The fourth-order valence-electron chi connectivity index (χ4n) is 1.56. The Morgan fingerprint density at radius 2 is 2.18 bits per heavy atom. The van der Waals surface area contributed by atoms with Crippen molar-refractivity contribution < 1.29 is 9.53 Å². The number of para-hydroxylation sites is 1. The van der Waals surface area contributed by atoms with Crippen LogP contribution in [0.15, 0.2) is 36.5 Å². The average molecular weight is 230 g/mol. The van der Waals surface area contributed by atoms with Gasteiger partial charge in [-0.1, -0.05) is 18.2 Å². The van der Waals surface area contributed by atoms with Gasteiger partial charge in [0.05, 0.1) is 12.1 Å². The Kier molecular flexibility index (Phi) is 3.80. The highest BCUT2D eigenvalue weighted by Crippen LogP contribution is 2.13. The van der Waals surface area contributed by atoms with Crippen LogP contribution in [0.5, 0.6) is 0 Å². The zero-order chi connectivity index (χ0) is 12.1. The monoisotopic (exact) mass is 230 g/mol. The van der Waals surface area contributed by atoms with Gasteiger partial charge in [-0.05, 0) is 12.1 Å². The minimum absolute atomic E-state index is 0.0528. The minimum Gasteiger partial charge on any atom is -0.372 e. The van der Waals surface area contributed by atoms with E-state index in [4.69, 9.17) is 10.5 Å².